The predicted octanol–water partition coefficient (Wildman–Crippen LogP) is 3.69. The van der Waals surface area contributed by atoms with Crippen LogP contribution in [-0.2, 0) is 0 Å². The van der Waals surface area contributed by atoms with E-state index in [-0.39, 0.29) is 0 Å². The number of aliphatic imine (C=N–C) groups is 1. The van der Waals surface area contributed by atoms with E-state index in [2.05, 4.69) is 35.4 Å². The third kappa shape index (κ3) is 2.05. The third-order valence-electron chi connectivity index (χ3n) is 3.02. The van der Waals surface area contributed by atoms with E-state index in [1.807, 2.05) is 48.8 Å². The minimum Gasteiger partial charge on any atom is -0.357 e. The summed E-state index contributed by atoms with van der Waals surface area (Å²) in [5.41, 5.74) is 4.61. The lowest BCUT2D eigenvalue weighted by Gasteiger charge is -2.11. The fraction of sp³-hybridized carbons (Fsp3) is 0.0625. The highest BCUT2D eigenvalue weighted by Crippen LogP contribution is 2.30. The molecule has 0 N–H and O–H groups in total. The van der Waals surface area contributed by atoms with Crippen molar-refractivity contribution in [2.24, 2.45) is 4.99 Å². The van der Waals surface area contributed by atoms with Crippen LogP contribution >= 0.6 is 0 Å². The van der Waals surface area contributed by atoms with Gasteiger partial charge in [-0.15, -0.1) is 0 Å². The van der Waals surface area contributed by atoms with Gasteiger partial charge in [-0.1, -0.05) is 30.4 Å². The molecule has 0 saturated heterocycles. The molecule has 0 radical (unpaired) electrons. The van der Waals surface area contributed by atoms with Crippen molar-refractivity contribution in [2.45, 2.75) is 0 Å². The van der Waals surface area contributed by atoms with Crippen molar-refractivity contribution in [3.05, 3.63) is 72.1 Å². The molecule has 1 aromatic rings. The van der Waals surface area contributed by atoms with Gasteiger partial charge in [0.05, 0.1) is 5.69 Å². The summed E-state index contributed by atoms with van der Waals surface area (Å²) in [5.74, 6) is 0. The van der Waals surface area contributed by atoms with Crippen LogP contribution in [0.25, 0.3) is 5.57 Å². The Kier molecular flexibility index (Phi) is 2.69. The molecule has 0 amide bonds. The lowest BCUT2D eigenvalue weighted by molar-refractivity contribution is 0.620. The fourth-order valence-corrected chi connectivity index (χ4v) is 1.98. The van der Waals surface area contributed by atoms with Crippen LogP contribution in [0.15, 0.2) is 71.5 Å². The first-order chi connectivity index (χ1) is 8.83. The predicted molar refractivity (Wildman–Crippen MR) is 76.7 cm³/mol. The summed E-state index contributed by atoms with van der Waals surface area (Å²) in [6, 6.07) is 8.20. The van der Waals surface area contributed by atoms with Gasteiger partial charge in [-0.25, -0.2) is 0 Å². The molecule has 0 saturated carbocycles. The first-order valence-electron chi connectivity index (χ1n) is 5.97. The minimum atomic E-state index is 1.05. The molecule has 88 valence electrons. The number of benzene rings is 1. The SMILES string of the molecule is CN1C=CC(=C/C=C2/C=Nc3ccccc32)C=C1. The zero-order chi connectivity index (χ0) is 12.4. The molecule has 3 rings (SSSR count). The number of fused-ring (bicyclic) bond motifs is 1. The van der Waals surface area contributed by atoms with Gasteiger partial charge in [0.1, 0.15) is 0 Å². The maximum atomic E-state index is 4.39. The lowest BCUT2D eigenvalue weighted by Crippen LogP contribution is -2.02. The van der Waals surface area contributed by atoms with Gasteiger partial charge in [0, 0.05) is 36.8 Å². The number of allylic oxidation sites excluding steroid dienone is 6. The van der Waals surface area contributed by atoms with Crippen molar-refractivity contribution in [1.29, 1.82) is 0 Å². The second-order valence-electron chi connectivity index (χ2n) is 4.36. The molecule has 2 nitrogen and oxygen atoms in total. The summed E-state index contributed by atoms with van der Waals surface area (Å²) < 4.78 is 0. The molecule has 0 bridgehead atoms. The van der Waals surface area contributed by atoms with Crippen LogP contribution in [0.4, 0.5) is 5.69 Å². The van der Waals surface area contributed by atoms with Crippen molar-refractivity contribution in [1.82, 2.24) is 4.90 Å². The van der Waals surface area contributed by atoms with E-state index >= 15 is 0 Å². The lowest BCUT2D eigenvalue weighted by atomic mass is 10.1. The van der Waals surface area contributed by atoms with Gasteiger partial charge in [-0.3, -0.25) is 4.99 Å². The Morgan fingerprint density at radius 1 is 1.06 bits per heavy atom. The molecule has 0 aliphatic carbocycles. The maximum Gasteiger partial charge on any atom is 0.0708 e. The summed E-state index contributed by atoms with van der Waals surface area (Å²) in [4.78, 5) is 6.41. The Bertz CT molecular complexity index is 600. The van der Waals surface area contributed by atoms with E-state index in [4.69, 9.17) is 0 Å². The highest BCUT2D eigenvalue weighted by molar-refractivity contribution is 6.16. The second kappa shape index (κ2) is 4.49. The van der Waals surface area contributed by atoms with E-state index in [1.54, 1.807) is 0 Å². The van der Waals surface area contributed by atoms with Crippen molar-refractivity contribution < 1.29 is 0 Å². The molecule has 2 heterocycles. The van der Waals surface area contributed by atoms with Crippen molar-refractivity contribution in [2.75, 3.05) is 7.05 Å². The summed E-state index contributed by atoms with van der Waals surface area (Å²) in [6.07, 6.45) is 14.4. The van der Waals surface area contributed by atoms with E-state index in [0.29, 0.717) is 0 Å². The number of nitrogens with zero attached hydrogens (tertiary/aromatic N) is 2. The maximum absolute atomic E-state index is 4.39. The van der Waals surface area contributed by atoms with E-state index < -0.39 is 0 Å². The Balaban J connectivity index is 1.88. The molecule has 2 heteroatoms. The molecule has 1 aromatic carbocycles. The van der Waals surface area contributed by atoms with Crippen LogP contribution in [0.1, 0.15) is 5.56 Å². The monoisotopic (exact) mass is 234 g/mol. The number of para-hydroxylation sites is 1. The topological polar surface area (TPSA) is 15.6 Å². The largest absolute Gasteiger partial charge is 0.357 e. The standard InChI is InChI=1S/C16H14N2/c1-18-10-8-13(9-11-18)6-7-14-12-17-16-5-3-2-4-15(14)16/h2-12H,1H3/b14-7-. The molecular weight excluding hydrogens is 220 g/mol. The highest BCUT2D eigenvalue weighted by Gasteiger charge is 2.09. The van der Waals surface area contributed by atoms with Crippen LogP contribution in [0, 0.1) is 0 Å². The second-order valence-corrected chi connectivity index (χ2v) is 4.36. The van der Waals surface area contributed by atoms with E-state index in [9.17, 15) is 0 Å². The van der Waals surface area contributed by atoms with Crippen LogP contribution < -0.4 is 0 Å². The van der Waals surface area contributed by atoms with Gasteiger partial charge in [0.15, 0.2) is 0 Å². The smallest absolute Gasteiger partial charge is 0.0708 e. The summed E-state index contributed by atoms with van der Waals surface area (Å²) in [7, 11) is 2.02. The normalized spacial score (nSPS) is 18.6. The van der Waals surface area contributed by atoms with Gasteiger partial charge in [0.2, 0.25) is 0 Å². The molecule has 2 aliphatic heterocycles. The highest BCUT2D eigenvalue weighted by atomic mass is 15.0. The van der Waals surface area contributed by atoms with Crippen LogP contribution in [-0.4, -0.2) is 18.2 Å². The fourth-order valence-electron chi connectivity index (χ4n) is 1.98. The Morgan fingerprint density at radius 3 is 2.67 bits per heavy atom. The number of hydrogen-bond donors (Lipinski definition) is 0. The van der Waals surface area contributed by atoms with Crippen molar-refractivity contribution in [3.63, 3.8) is 0 Å². The van der Waals surface area contributed by atoms with Crippen LogP contribution in [0.3, 0.4) is 0 Å². The molecule has 18 heavy (non-hydrogen) atoms. The molecule has 0 fully saturated rings. The van der Waals surface area contributed by atoms with Gasteiger partial charge >= 0.3 is 0 Å². The molecule has 0 aromatic heterocycles. The minimum absolute atomic E-state index is 1.05. The molecule has 0 spiro atoms. The van der Waals surface area contributed by atoms with Crippen molar-refractivity contribution in [3.8, 4) is 0 Å². The van der Waals surface area contributed by atoms with Crippen LogP contribution in [0.2, 0.25) is 0 Å². The Morgan fingerprint density at radius 2 is 1.83 bits per heavy atom. The molecule has 0 unspecified atom stereocenters. The first-order valence-corrected chi connectivity index (χ1v) is 5.97. The summed E-state index contributed by atoms with van der Waals surface area (Å²) in [6.45, 7) is 0. The number of rotatable bonds is 1. The quantitative estimate of drug-likeness (QED) is 0.723. The first kappa shape index (κ1) is 10.8. The van der Waals surface area contributed by atoms with E-state index in [1.165, 1.54) is 16.7 Å². The van der Waals surface area contributed by atoms with Gasteiger partial charge in [0.25, 0.3) is 0 Å². The molecular formula is C16H14N2. The summed E-state index contributed by atoms with van der Waals surface area (Å²) >= 11 is 0. The zero-order valence-electron chi connectivity index (χ0n) is 10.2. The van der Waals surface area contributed by atoms with Gasteiger partial charge in [-0.2, -0.15) is 0 Å². The molecule has 2 aliphatic rings. The Labute approximate surface area is 107 Å². The van der Waals surface area contributed by atoms with Crippen LogP contribution in [0.5, 0.6) is 0 Å². The average Bonchev–Trinajstić information content (AvgIpc) is 2.82. The summed E-state index contributed by atoms with van der Waals surface area (Å²) in [5, 5.41) is 0. The van der Waals surface area contributed by atoms with Gasteiger partial charge in [-0.05, 0) is 23.8 Å². The number of hydrogen-bond acceptors (Lipinski definition) is 2. The average molecular weight is 234 g/mol. The third-order valence-corrected chi connectivity index (χ3v) is 3.02. The van der Waals surface area contributed by atoms with Crippen molar-refractivity contribution >= 4 is 17.5 Å². The van der Waals surface area contributed by atoms with Gasteiger partial charge < -0.3 is 4.90 Å². The van der Waals surface area contributed by atoms with E-state index in [0.717, 1.165) is 5.69 Å². The molecule has 0 atom stereocenters. The Hall–Kier alpha value is -2.35. The zero-order valence-corrected chi connectivity index (χ0v) is 10.2.